The highest BCUT2D eigenvalue weighted by molar-refractivity contribution is 6.01. The number of halogens is 4. The number of hydrogen-bond donors (Lipinski definition) is 3. The number of nitrogens with zero attached hydrogens (tertiary/aromatic N) is 3. The second kappa shape index (κ2) is 34.0. The van der Waals surface area contributed by atoms with Crippen LogP contribution in [0.4, 0.5) is 34.6 Å². The van der Waals surface area contributed by atoms with Crippen LogP contribution < -0.4 is 14.4 Å². The molecule has 8 bridgehead atoms. The van der Waals surface area contributed by atoms with Crippen molar-refractivity contribution in [2.24, 2.45) is 0 Å². The summed E-state index contributed by atoms with van der Waals surface area (Å²) in [7, 11) is 0. The monoisotopic (exact) mass is 1300 g/mol. The van der Waals surface area contributed by atoms with Gasteiger partial charge in [0.25, 0.3) is 0 Å². The van der Waals surface area contributed by atoms with Gasteiger partial charge < -0.3 is 29.4 Å². The lowest BCUT2D eigenvalue weighted by molar-refractivity contribution is 0.0683. The van der Waals surface area contributed by atoms with Gasteiger partial charge in [0, 0.05) is 44.7 Å². The summed E-state index contributed by atoms with van der Waals surface area (Å²) in [6.07, 6.45) is 32.0. The van der Waals surface area contributed by atoms with Crippen molar-refractivity contribution in [1.82, 2.24) is 19.9 Å². The number of carboxylic acid groups (broad SMARTS) is 1. The molecule has 3 aromatic heterocycles. The van der Waals surface area contributed by atoms with Gasteiger partial charge in [-0.1, -0.05) is 191 Å². The number of fused-ring (bicyclic) bond motifs is 8. The maximum absolute atomic E-state index is 16.0. The summed E-state index contributed by atoms with van der Waals surface area (Å²) in [6.45, 7) is 13.9. The number of carboxylic acids is 1. The molecule has 500 valence electrons. The molecule has 0 atom stereocenters. The maximum atomic E-state index is 16.0. The van der Waals surface area contributed by atoms with Gasteiger partial charge in [-0.2, -0.15) is 0 Å². The number of hydrogen-bond acceptors (Lipinski definition) is 6. The lowest BCUT2D eigenvalue weighted by atomic mass is 9.97. The summed E-state index contributed by atoms with van der Waals surface area (Å²) in [5, 5.41) is 9.59. The second-order valence-electron chi connectivity index (χ2n) is 25.5. The highest BCUT2D eigenvalue weighted by Crippen LogP contribution is 2.46. The molecule has 96 heavy (non-hydrogen) atoms. The number of carbonyl (C=O) groups is 1. The van der Waals surface area contributed by atoms with Crippen LogP contribution in [0.1, 0.15) is 223 Å². The third-order valence-electron chi connectivity index (χ3n) is 18.2. The molecule has 0 saturated heterocycles. The van der Waals surface area contributed by atoms with E-state index in [1.54, 1.807) is 12.1 Å². The Morgan fingerprint density at radius 3 is 1.31 bits per heavy atom. The number of aromatic amines is 2. The van der Waals surface area contributed by atoms with Gasteiger partial charge in [-0.15, -0.1) is 0 Å². The van der Waals surface area contributed by atoms with E-state index >= 15 is 17.6 Å². The van der Waals surface area contributed by atoms with Crippen molar-refractivity contribution >= 4 is 69.4 Å². The maximum Gasteiger partial charge on any atom is 0.341 e. The molecule has 3 N–H and O–H groups in total. The number of benzene rings is 5. The minimum absolute atomic E-state index is 0.113. The van der Waals surface area contributed by atoms with Crippen molar-refractivity contribution in [2.75, 3.05) is 18.1 Å². The summed E-state index contributed by atoms with van der Waals surface area (Å²) >= 11 is 0. The van der Waals surface area contributed by atoms with Crippen LogP contribution in [-0.4, -0.2) is 44.2 Å². The second-order valence-corrected chi connectivity index (χ2v) is 25.5. The molecule has 0 spiro atoms. The Bertz CT molecular complexity index is 4170. The highest BCUT2D eigenvalue weighted by atomic mass is 19.2. The molecular formula is C83H91F4N5O4. The lowest BCUT2D eigenvalue weighted by Crippen LogP contribution is -2.12. The molecule has 0 radical (unpaired) electrons. The minimum atomic E-state index is -2.17. The van der Waals surface area contributed by atoms with E-state index in [4.69, 9.17) is 19.4 Å². The zero-order valence-corrected chi connectivity index (χ0v) is 56.7. The van der Waals surface area contributed by atoms with E-state index in [9.17, 15) is 9.90 Å². The highest BCUT2D eigenvalue weighted by Gasteiger charge is 2.30. The molecule has 10 rings (SSSR count). The third-order valence-corrected chi connectivity index (χ3v) is 18.2. The molecule has 2 aliphatic heterocycles. The van der Waals surface area contributed by atoms with Crippen LogP contribution in [0.2, 0.25) is 0 Å². The Morgan fingerprint density at radius 2 is 0.833 bits per heavy atom. The van der Waals surface area contributed by atoms with Crippen molar-refractivity contribution in [3.63, 3.8) is 0 Å². The molecule has 0 fully saturated rings. The van der Waals surface area contributed by atoms with Gasteiger partial charge in [-0.05, 0) is 160 Å². The van der Waals surface area contributed by atoms with Gasteiger partial charge in [0.05, 0.1) is 58.3 Å². The molecule has 0 saturated carbocycles. The van der Waals surface area contributed by atoms with Crippen LogP contribution in [0.15, 0.2) is 109 Å². The molecule has 0 amide bonds. The smallest absolute Gasteiger partial charge is 0.341 e. The first-order valence-corrected chi connectivity index (χ1v) is 35.0. The summed E-state index contributed by atoms with van der Waals surface area (Å²) in [5.74, 6) is -3.63. The Hall–Kier alpha value is -9.15. The Kier molecular flexibility index (Phi) is 24.7. The fraction of sp³-hybridized carbons (Fsp3) is 0.361. The van der Waals surface area contributed by atoms with Crippen LogP contribution in [-0.2, 0) is 12.8 Å². The fourth-order valence-electron chi connectivity index (χ4n) is 13.0. The number of nitrogens with one attached hydrogen (secondary N) is 2. The molecule has 9 nitrogen and oxygen atoms in total. The Labute approximate surface area is 564 Å². The molecular weight excluding hydrogens is 1210 g/mol. The van der Waals surface area contributed by atoms with Crippen molar-refractivity contribution in [3.8, 4) is 45.6 Å². The first kappa shape index (κ1) is 69.7. The van der Waals surface area contributed by atoms with E-state index in [2.05, 4.69) is 121 Å². The standard InChI is InChI=1S/C83H91F4N5O4/c1-7-11-15-19-21-25-53-95-71-33-27-29-55(5)73(71)75-65-47-45-63(88-65)61(43-44-62-78(84)80(86)77(83(93)94)81(87)79(62)85)64-46-48-66(89-64)76(74-56(6)30-28-34-72(74)96-54-26-22-20-16-12-8-2)68-50-52-70(91-68)82(69-51-49-67(75)90-69)92(59-39-35-57(36-40-59)31-23-17-13-9-3)60-41-37-58(38-42-60)32-24-18-14-10-4/h27-30,33-42,45-52,88,91H,7-26,31-32,53-54H2,1-6H3,(H,93,94). The number of unbranched alkanes of at least 4 members (excludes halogenated alkanes) is 16. The lowest BCUT2D eigenvalue weighted by Gasteiger charge is -2.27. The first-order valence-electron chi connectivity index (χ1n) is 35.0. The van der Waals surface area contributed by atoms with Crippen molar-refractivity contribution in [3.05, 3.63) is 194 Å². The van der Waals surface area contributed by atoms with Crippen molar-refractivity contribution in [1.29, 1.82) is 0 Å². The van der Waals surface area contributed by atoms with Gasteiger partial charge in [0.2, 0.25) is 0 Å². The molecule has 0 unspecified atom stereocenters. The average molecular weight is 1300 g/mol. The van der Waals surface area contributed by atoms with Crippen LogP contribution >= 0.6 is 0 Å². The Morgan fingerprint density at radius 1 is 0.438 bits per heavy atom. The number of H-pyrrole nitrogens is 2. The minimum Gasteiger partial charge on any atom is -0.493 e. The normalized spacial score (nSPS) is 11.7. The molecule has 5 aromatic carbocycles. The fourth-order valence-corrected chi connectivity index (χ4v) is 13.0. The van der Waals surface area contributed by atoms with E-state index in [0.29, 0.717) is 69.5 Å². The summed E-state index contributed by atoms with van der Waals surface area (Å²) in [5.41, 5.74) is 11.4. The molecule has 8 aromatic rings. The molecule has 5 heterocycles. The van der Waals surface area contributed by atoms with E-state index in [0.717, 1.165) is 122 Å². The van der Waals surface area contributed by atoms with Crippen LogP contribution in [0.5, 0.6) is 11.5 Å². The van der Waals surface area contributed by atoms with E-state index in [-0.39, 0.29) is 11.3 Å². The predicted molar refractivity (Wildman–Crippen MR) is 387 cm³/mol. The van der Waals surface area contributed by atoms with Gasteiger partial charge >= 0.3 is 5.97 Å². The van der Waals surface area contributed by atoms with Crippen LogP contribution in [0.3, 0.4) is 0 Å². The molecule has 2 aliphatic rings. The van der Waals surface area contributed by atoms with Crippen LogP contribution in [0.25, 0.3) is 68.6 Å². The largest absolute Gasteiger partial charge is 0.493 e. The van der Waals surface area contributed by atoms with E-state index in [1.165, 1.54) is 75.3 Å². The van der Waals surface area contributed by atoms with Crippen LogP contribution in [0, 0.1) is 49.0 Å². The van der Waals surface area contributed by atoms with E-state index < -0.39 is 40.4 Å². The van der Waals surface area contributed by atoms with Gasteiger partial charge in [-0.3, -0.25) is 0 Å². The number of aromatic carboxylic acids is 1. The van der Waals surface area contributed by atoms with Gasteiger partial charge in [0.15, 0.2) is 23.3 Å². The van der Waals surface area contributed by atoms with Gasteiger partial charge in [-0.25, -0.2) is 32.3 Å². The number of ether oxygens (including phenoxy) is 2. The Balaban J connectivity index is 1.30. The zero-order valence-electron chi connectivity index (χ0n) is 56.7. The summed E-state index contributed by atoms with van der Waals surface area (Å²) < 4.78 is 76.5. The van der Waals surface area contributed by atoms with E-state index in [1.807, 2.05) is 68.5 Å². The number of aryl methyl sites for hydroxylation is 4. The first-order chi connectivity index (χ1) is 46.8. The number of anilines is 3. The molecule has 13 heteroatoms. The topological polar surface area (TPSA) is 116 Å². The third kappa shape index (κ3) is 16.6. The van der Waals surface area contributed by atoms with Crippen molar-refractivity contribution < 1.29 is 36.9 Å². The number of rotatable bonds is 32. The summed E-state index contributed by atoms with van der Waals surface area (Å²) in [4.78, 5) is 32.9. The molecule has 0 aliphatic carbocycles. The van der Waals surface area contributed by atoms with Crippen molar-refractivity contribution in [2.45, 2.75) is 183 Å². The predicted octanol–water partition coefficient (Wildman–Crippen LogP) is 23.5. The average Bonchev–Trinajstić information content (AvgIpc) is 1.66. The zero-order chi connectivity index (χ0) is 67.5. The number of aromatic nitrogens is 4. The van der Waals surface area contributed by atoms with Gasteiger partial charge in [0.1, 0.15) is 22.6 Å². The summed E-state index contributed by atoms with van der Waals surface area (Å²) in [6, 6.07) is 37.7. The SMILES string of the molecule is CCCCCCCCOc1cccc(C)c1-c1c2nc(c(N(c3ccc(CCCCCC)cc3)c3ccc(CCCCCC)cc3)c3ccc([nH]3)c(-c3c(C)cccc3OCCCCCCCC)c3nc(c(C#Cc4c(F)c(F)c(C(=O)O)c(F)c4F)c4ccc1[nH]4)C=C3)C=C2. The quantitative estimate of drug-likeness (QED) is 0.0166.